The number of hydrogen-bond donors (Lipinski definition) is 1. The van der Waals surface area contributed by atoms with E-state index < -0.39 is 0 Å². The Labute approximate surface area is 195 Å². The van der Waals surface area contributed by atoms with E-state index in [0.717, 1.165) is 49.7 Å². The number of para-hydroxylation sites is 1. The van der Waals surface area contributed by atoms with Gasteiger partial charge in [-0.3, -0.25) is 19.4 Å². The molecule has 2 aliphatic rings. The van der Waals surface area contributed by atoms with Gasteiger partial charge in [0.05, 0.1) is 25.9 Å². The van der Waals surface area contributed by atoms with Crippen molar-refractivity contribution in [3.8, 4) is 5.75 Å². The van der Waals surface area contributed by atoms with Crippen LogP contribution in [0.2, 0.25) is 0 Å². The predicted octanol–water partition coefficient (Wildman–Crippen LogP) is 3.23. The summed E-state index contributed by atoms with van der Waals surface area (Å²) in [5, 5.41) is 3.24. The normalized spacial score (nSPS) is 17.1. The van der Waals surface area contributed by atoms with Crippen molar-refractivity contribution in [3.05, 3.63) is 64.9 Å². The second kappa shape index (κ2) is 10.2. The van der Waals surface area contributed by atoms with E-state index in [1.807, 2.05) is 50.2 Å². The van der Waals surface area contributed by atoms with Crippen LogP contribution in [0.25, 0.3) is 5.57 Å². The predicted molar refractivity (Wildman–Crippen MR) is 128 cm³/mol. The maximum Gasteiger partial charge on any atom is 0.278 e. The van der Waals surface area contributed by atoms with Crippen LogP contribution in [-0.4, -0.2) is 68.1 Å². The first-order valence-corrected chi connectivity index (χ1v) is 11.4. The molecule has 0 radical (unpaired) electrons. The van der Waals surface area contributed by atoms with E-state index in [2.05, 4.69) is 10.2 Å². The Morgan fingerprint density at radius 1 is 0.970 bits per heavy atom. The molecule has 0 saturated carbocycles. The van der Waals surface area contributed by atoms with Gasteiger partial charge in [0, 0.05) is 37.4 Å². The Hall–Kier alpha value is -3.16. The summed E-state index contributed by atoms with van der Waals surface area (Å²) in [5.74, 6) is -0.0397. The number of nitrogens with one attached hydrogen (secondary N) is 1. The quantitative estimate of drug-likeness (QED) is 0.624. The Morgan fingerprint density at radius 2 is 1.73 bits per heavy atom. The van der Waals surface area contributed by atoms with Crippen molar-refractivity contribution in [2.45, 2.75) is 20.3 Å². The van der Waals surface area contributed by atoms with Crippen LogP contribution >= 0.6 is 0 Å². The fraction of sp³-hybridized carbons (Fsp3) is 0.385. The molecular weight excluding hydrogens is 418 g/mol. The highest BCUT2D eigenvalue weighted by Gasteiger charge is 2.40. The van der Waals surface area contributed by atoms with E-state index >= 15 is 0 Å². The van der Waals surface area contributed by atoms with E-state index in [-0.39, 0.29) is 11.8 Å². The van der Waals surface area contributed by atoms with Gasteiger partial charge in [-0.15, -0.1) is 0 Å². The number of ether oxygens (including phenoxy) is 2. The molecule has 7 nitrogen and oxygen atoms in total. The molecular formula is C26H31N3O4. The number of amides is 2. The van der Waals surface area contributed by atoms with Crippen molar-refractivity contribution in [1.29, 1.82) is 0 Å². The third kappa shape index (κ3) is 4.94. The second-order valence-electron chi connectivity index (χ2n) is 8.44. The summed E-state index contributed by atoms with van der Waals surface area (Å²) in [6.07, 6.45) is 0.716. The lowest BCUT2D eigenvalue weighted by molar-refractivity contribution is -0.136. The number of morpholine rings is 1. The van der Waals surface area contributed by atoms with Gasteiger partial charge in [-0.05, 0) is 49.6 Å². The fourth-order valence-electron chi connectivity index (χ4n) is 4.24. The summed E-state index contributed by atoms with van der Waals surface area (Å²) in [4.78, 5) is 30.6. The maximum atomic E-state index is 13.5. The first kappa shape index (κ1) is 23.0. The molecule has 174 valence electrons. The third-order valence-electron chi connectivity index (χ3n) is 6.28. The van der Waals surface area contributed by atoms with Crippen LogP contribution in [0.3, 0.4) is 0 Å². The molecule has 7 heteroatoms. The number of carbonyl (C=O) groups is 2. The van der Waals surface area contributed by atoms with Crippen molar-refractivity contribution in [2.24, 2.45) is 0 Å². The molecule has 0 aromatic heterocycles. The summed E-state index contributed by atoms with van der Waals surface area (Å²) >= 11 is 0. The zero-order valence-electron chi connectivity index (χ0n) is 19.5. The minimum Gasteiger partial charge on any atom is -0.496 e. The fourth-order valence-corrected chi connectivity index (χ4v) is 4.24. The van der Waals surface area contributed by atoms with Gasteiger partial charge in [-0.25, -0.2) is 0 Å². The number of hydrogen-bond acceptors (Lipinski definition) is 6. The Bertz CT molecular complexity index is 1070. The molecule has 2 aromatic carbocycles. The highest BCUT2D eigenvalue weighted by Crippen LogP contribution is 2.35. The number of methoxy groups -OCH3 is 1. The zero-order chi connectivity index (χ0) is 23.4. The molecule has 0 atom stereocenters. The van der Waals surface area contributed by atoms with E-state index in [1.54, 1.807) is 13.2 Å². The van der Waals surface area contributed by atoms with E-state index in [9.17, 15) is 9.59 Å². The monoisotopic (exact) mass is 449 g/mol. The molecule has 0 aliphatic carbocycles. The largest absolute Gasteiger partial charge is 0.496 e. The number of imide groups is 1. The number of rotatable bonds is 8. The summed E-state index contributed by atoms with van der Waals surface area (Å²) in [6.45, 7) is 8.47. The SMILES string of the molecule is COc1ccccc1C1=C(Nc2ccc(C)c(C)c2)C(=O)N(CCCN2CCOCC2)C1=O. The van der Waals surface area contributed by atoms with Crippen LogP contribution in [0, 0.1) is 13.8 Å². The molecule has 2 heterocycles. The molecule has 2 aromatic rings. The molecule has 1 fully saturated rings. The van der Waals surface area contributed by atoms with Crippen LogP contribution in [-0.2, 0) is 14.3 Å². The number of anilines is 1. The molecule has 0 spiro atoms. The van der Waals surface area contributed by atoms with E-state index in [4.69, 9.17) is 9.47 Å². The third-order valence-corrected chi connectivity index (χ3v) is 6.28. The summed E-state index contributed by atoms with van der Waals surface area (Å²) in [5.41, 5.74) is 4.30. The molecule has 2 aliphatic heterocycles. The number of nitrogens with zero attached hydrogens (tertiary/aromatic N) is 2. The Morgan fingerprint density at radius 3 is 2.45 bits per heavy atom. The lowest BCUT2D eigenvalue weighted by Crippen LogP contribution is -2.39. The molecule has 0 unspecified atom stereocenters. The van der Waals surface area contributed by atoms with Crippen molar-refractivity contribution in [3.63, 3.8) is 0 Å². The van der Waals surface area contributed by atoms with Gasteiger partial charge in [0.25, 0.3) is 11.8 Å². The standard InChI is InChI=1S/C26H31N3O4/c1-18-9-10-20(17-19(18)2)27-24-23(21-7-4-5-8-22(21)32-3)25(30)29(26(24)31)12-6-11-28-13-15-33-16-14-28/h4-5,7-10,17,27H,6,11-16H2,1-3H3. The van der Waals surface area contributed by atoms with Gasteiger partial charge in [-0.2, -0.15) is 0 Å². The average Bonchev–Trinajstić information content (AvgIpc) is 3.06. The highest BCUT2D eigenvalue weighted by atomic mass is 16.5. The first-order chi connectivity index (χ1) is 16.0. The lowest BCUT2D eigenvalue weighted by Gasteiger charge is -2.27. The number of carbonyl (C=O) groups excluding carboxylic acids is 2. The molecule has 33 heavy (non-hydrogen) atoms. The topological polar surface area (TPSA) is 71.1 Å². The molecule has 1 N–H and O–H groups in total. The van der Waals surface area contributed by atoms with Crippen molar-refractivity contribution in [1.82, 2.24) is 9.80 Å². The van der Waals surface area contributed by atoms with E-state index in [0.29, 0.717) is 35.5 Å². The summed E-state index contributed by atoms with van der Waals surface area (Å²) in [7, 11) is 1.57. The van der Waals surface area contributed by atoms with Crippen LogP contribution < -0.4 is 10.1 Å². The van der Waals surface area contributed by atoms with Gasteiger partial charge < -0.3 is 14.8 Å². The van der Waals surface area contributed by atoms with E-state index in [1.165, 1.54) is 4.90 Å². The molecule has 1 saturated heterocycles. The lowest BCUT2D eigenvalue weighted by atomic mass is 10.0. The van der Waals surface area contributed by atoms with Crippen LogP contribution in [0.15, 0.2) is 48.2 Å². The Kier molecular flexibility index (Phi) is 7.11. The van der Waals surface area contributed by atoms with Crippen molar-refractivity contribution >= 4 is 23.1 Å². The number of benzene rings is 2. The van der Waals surface area contributed by atoms with Gasteiger partial charge in [0.2, 0.25) is 0 Å². The summed E-state index contributed by atoms with van der Waals surface area (Å²) in [6, 6.07) is 13.2. The minimum atomic E-state index is -0.305. The average molecular weight is 450 g/mol. The smallest absolute Gasteiger partial charge is 0.278 e. The van der Waals surface area contributed by atoms with Crippen LogP contribution in [0.4, 0.5) is 5.69 Å². The van der Waals surface area contributed by atoms with Gasteiger partial charge in [-0.1, -0.05) is 24.3 Å². The Balaban J connectivity index is 1.61. The summed E-state index contributed by atoms with van der Waals surface area (Å²) < 4.78 is 10.9. The second-order valence-corrected chi connectivity index (χ2v) is 8.44. The zero-order valence-corrected chi connectivity index (χ0v) is 19.5. The van der Waals surface area contributed by atoms with Gasteiger partial charge in [0.15, 0.2) is 0 Å². The number of aryl methyl sites for hydroxylation is 2. The highest BCUT2D eigenvalue weighted by molar-refractivity contribution is 6.37. The molecule has 2 amide bonds. The van der Waals surface area contributed by atoms with Gasteiger partial charge >= 0.3 is 0 Å². The molecule has 0 bridgehead atoms. The van der Waals surface area contributed by atoms with Crippen molar-refractivity contribution in [2.75, 3.05) is 51.8 Å². The van der Waals surface area contributed by atoms with Crippen LogP contribution in [0.5, 0.6) is 5.75 Å². The first-order valence-electron chi connectivity index (χ1n) is 11.4. The van der Waals surface area contributed by atoms with Crippen molar-refractivity contribution < 1.29 is 19.1 Å². The van der Waals surface area contributed by atoms with Crippen LogP contribution in [0.1, 0.15) is 23.1 Å². The van der Waals surface area contributed by atoms with Gasteiger partial charge in [0.1, 0.15) is 11.4 Å². The maximum absolute atomic E-state index is 13.5. The molecule has 4 rings (SSSR count). The minimum absolute atomic E-state index is 0.291.